The minimum absolute atomic E-state index is 0.0784. The van der Waals surface area contributed by atoms with Gasteiger partial charge in [-0.15, -0.1) is 0 Å². The molecule has 0 aliphatic rings. The van der Waals surface area contributed by atoms with Crippen LogP contribution in [0.25, 0.3) is 0 Å². The first kappa shape index (κ1) is 14.8. The summed E-state index contributed by atoms with van der Waals surface area (Å²) < 4.78 is 0. The van der Waals surface area contributed by atoms with Crippen LogP contribution in [0.1, 0.15) is 17.3 Å². The fraction of sp³-hybridized carbons (Fsp3) is 0.385. The van der Waals surface area contributed by atoms with Gasteiger partial charge in [0.25, 0.3) is 5.91 Å². The van der Waals surface area contributed by atoms with E-state index in [0.29, 0.717) is 16.9 Å². The van der Waals surface area contributed by atoms with Gasteiger partial charge in [0.15, 0.2) is 0 Å². The third-order valence-corrected chi connectivity index (χ3v) is 2.70. The standard InChI is InChI=1S/C13H20N4O2/c1-8(13(19)17(3)4)16-11-7-9(14)5-6-10(11)12(18)15-2/h5-8,16H,14H2,1-4H3,(H,15,18). The first-order valence-electron chi connectivity index (χ1n) is 5.96. The second-order valence-corrected chi connectivity index (χ2v) is 4.48. The van der Waals surface area contributed by atoms with Gasteiger partial charge in [-0.05, 0) is 25.1 Å². The summed E-state index contributed by atoms with van der Waals surface area (Å²) in [5.41, 5.74) is 7.24. The third-order valence-electron chi connectivity index (χ3n) is 2.70. The van der Waals surface area contributed by atoms with Crippen molar-refractivity contribution in [3.63, 3.8) is 0 Å². The van der Waals surface area contributed by atoms with Crippen LogP contribution in [0.2, 0.25) is 0 Å². The van der Waals surface area contributed by atoms with Crippen molar-refractivity contribution in [2.75, 3.05) is 32.2 Å². The van der Waals surface area contributed by atoms with Gasteiger partial charge in [-0.2, -0.15) is 0 Å². The van der Waals surface area contributed by atoms with Crippen LogP contribution in [-0.2, 0) is 4.79 Å². The zero-order valence-corrected chi connectivity index (χ0v) is 11.7. The second kappa shape index (κ2) is 6.08. The van der Waals surface area contributed by atoms with Crippen LogP contribution in [0.5, 0.6) is 0 Å². The molecule has 104 valence electrons. The molecule has 0 fully saturated rings. The van der Waals surface area contributed by atoms with Crippen LogP contribution in [0.15, 0.2) is 18.2 Å². The van der Waals surface area contributed by atoms with E-state index < -0.39 is 6.04 Å². The molecule has 1 unspecified atom stereocenters. The SMILES string of the molecule is CNC(=O)c1ccc(N)cc1NC(C)C(=O)N(C)C. The predicted molar refractivity (Wildman–Crippen MR) is 76.0 cm³/mol. The molecule has 1 aromatic rings. The Morgan fingerprint density at radius 3 is 2.47 bits per heavy atom. The Labute approximate surface area is 113 Å². The van der Waals surface area contributed by atoms with Crippen LogP contribution >= 0.6 is 0 Å². The average Bonchev–Trinajstić information content (AvgIpc) is 2.36. The molecule has 0 aliphatic carbocycles. The fourth-order valence-electron chi connectivity index (χ4n) is 1.70. The van der Waals surface area contributed by atoms with E-state index in [0.717, 1.165) is 0 Å². The first-order valence-corrected chi connectivity index (χ1v) is 5.96. The molecular weight excluding hydrogens is 244 g/mol. The van der Waals surface area contributed by atoms with Crippen molar-refractivity contribution >= 4 is 23.2 Å². The van der Waals surface area contributed by atoms with E-state index in [4.69, 9.17) is 5.73 Å². The Kier molecular flexibility index (Phi) is 4.74. The minimum Gasteiger partial charge on any atom is -0.399 e. The molecule has 6 nitrogen and oxygen atoms in total. The highest BCUT2D eigenvalue weighted by Gasteiger charge is 2.18. The molecular formula is C13H20N4O2. The number of nitrogen functional groups attached to an aromatic ring is 1. The predicted octanol–water partition coefficient (Wildman–Crippen LogP) is 0.517. The average molecular weight is 264 g/mol. The number of anilines is 2. The van der Waals surface area contributed by atoms with Crippen LogP contribution in [0.3, 0.4) is 0 Å². The molecule has 0 spiro atoms. The Hall–Kier alpha value is -2.24. The summed E-state index contributed by atoms with van der Waals surface area (Å²) in [4.78, 5) is 25.0. The molecule has 6 heteroatoms. The van der Waals surface area contributed by atoms with Crippen molar-refractivity contribution in [3.05, 3.63) is 23.8 Å². The number of nitrogens with one attached hydrogen (secondary N) is 2. The Morgan fingerprint density at radius 1 is 1.32 bits per heavy atom. The van der Waals surface area contributed by atoms with Crippen molar-refractivity contribution in [3.8, 4) is 0 Å². The van der Waals surface area contributed by atoms with Crippen LogP contribution in [0.4, 0.5) is 11.4 Å². The number of rotatable bonds is 4. The van der Waals surface area contributed by atoms with Crippen molar-refractivity contribution in [1.29, 1.82) is 0 Å². The van der Waals surface area contributed by atoms with Gasteiger partial charge in [-0.3, -0.25) is 9.59 Å². The lowest BCUT2D eigenvalue weighted by molar-refractivity contribution is -0.129. The normalized spacial score (nSPS) is 11.6. The fourth-order valence-corrected chi connectivity index (χ4v) is 1.70. The molecule has 0 saturated carbocycles. The number of hydrogen-bond donors (Lipinski definition) is 3. The number of amides is 2. The van der Waals surface area contributed by atoms with E-state index in [9.17, 15) is 9.59 Å². The molecule has 0 saturated heterocycles. The maximum atomic E-state index is 11.8. The van der Waals surface area contributed by atoms with Crippen LogP contribution in [-0.4, -0.2) is 43.9 Å². The number of carbonyl (C=O) groups is 2. The lowest BCUT2D eigenvalue weighted by Crippen LogP contribution is -2.37. The van der Waals surface area contributed by atoms with E-state index in [1.807, 2.05) is 0 Å². The van der Waals surface area contributed by atoms with E-state index in [1.165, 1.54) is 4.90 Å². The van der Waals surface area contributed by atoms with Gasteiger partial charge in [0.2, 0.25) is 5.91 Å². The summed E-state index contributed by atoms with van der Waals surface area (Å²) in [6.07, 6.45) is 0. The molecule has 1 atom stereocenters. The number of likely N-dealkylation sites (N-methyl/N-ethyl adjacent to an activating group) is 1. The summed E-state index contributed by atoms with van der Waals surface area (Å²) in [5, 5.41) is 5.57. The first-order chi connectivity index (χ1) is 8.86. The summed E-state index contributed by atoms with van der Waals surface area (Å²) in [6, 6.07) is 4.47. The van der Waals surface area contributed by atoms with Crippen molar-refractivity contribution in [2.24, 2.45) is 0 Å². The summed E-state index contributed by atoms with van der Waals surface area (Å²) in [7, 11) is 4.91. The second-order valence-electron chi connectivity index (χ2n) is 4.48. The molecule has 0 heterocycles. The topological polar surface area (TPSA) is 87.5 Å². The zero-order chi connectivity index (χ0) is 14.6. The molecule has 0 radical (unpaired) electrons. The molecule has 0 aliphatic heterocycles. The summed E-state index contributed by atoms with van der Waals surface area (Å²) in [6.45, 7) is 1.74. The van der Waals surface area contributed by atoms with E-state index >= 15 is 0 Å². The maximum Gasteiger partial charge on any atom is 0.253 e. The molecule has 2 amide bonds. The molecule has 19 heavy (non-hydrogen) atoms. The number of benzene rings is 1. The largest absolute Gasteiger partial charge is 0.399 e. The van der Waals surface area contributed by atoms with Gasteiger partial charge in [-0.25, -0.2) is 0 Å². The lowest BCUT2D eigenvalue weighted by Gasteiger charge is -2.20. The number of nitrogens with zero attached hydrogens (tertiary/aromatic N) is 1. The van der Waals surface area contributed by atoms with Gasteiger partial charge in [0.1, 0.15) is 6.04 Å². The zero-order valence-electron chi connectivity index (χ0n) is 11.7. The number of hydrogen-bond acceptors (Lipinski definition) is 4. The Balaban J connectivity index is 3.02. The van der Waals surface area contributed by atoms with Gasteiger partial charge in [0, 0.05) is 32.5 Å². The van der Waals surface area contributed by atoms with Gasteiger partial charge < -0.3 is 21.3 Å². The van der Waals surface area contributed by atoms with Crippen LogP contribution < -0.4 is 16.4 Å². The van der Waals surface area contributed by atoms with E-state index in [-0.39, 0.29) is 11.8 Å². The number of nitrogens with two attached hydrogens (primary N) is 1. The maximum absolute atomic E-state index is 11.8. The number of carbonyl (C=O) groups excluding carboxylic acids is 2. The molecule has 0 aromatic heterocycles. The Morgan fingerprint density at radius 2 is 1.95 bits per heavy atom. The van der Waals surface area contributed by atoms with Crippen molar-refractivity contribution in [2.45, 2.75) is 13.0 Å². The van der Waals surface area contributed by atoms with Crippen LogP contribution in [0, 0.1) is 0 Å². The Bertz CT molecular complexity index is 486. The van der Waals surface area contributed by atoms with Crippen molar-refractivity contribution in [1.82, 2.24) is 10.2 Å². The molecule has 1 rings (SSSR count). The summed E-state index contributed by atoms with van der Waals surface area (Å²) >= 11 is 0. The van der Waals surface area contributed by atoms with Gasteiger partial charge in [-0.1, -0.05) is 0 Å². The van der Waals surface area contributed by atoms with E-state index in [1.54, 1.807) is 46.3 Å². The lowest BCUT2D eigenvalue weighted by atomic mass is 10.1. The smallest absolute Gasteiger partial charge is 0.253 e. The molecule has 4 N–H and O–H groups in total. The highest BCUT2D eigenvalue weighted by Crippen LogP contribution is 2.20. The van der Waals surface area contributed by atoms with E-state index in [2.05, 4.69) is 10.6 Å². The monoisotopic (exact) mass is 264 g/mol. The highest BCUT2D eigenvalue weighted by molar-refractivity contribution is 6.00. The molecule has 1 aromatic carbocycles. The minimum atomic E-state index is -0.444. The molecule has 0 bridgehead atoms. The van der Waals surface area contributed by atoms with Gasteiger partial charge in [0.05, 0.1) is 5.56 Å². The highest BCUT2D eigenvalue weighted by atomic mass is 16.2. The summed E-state index contributed by atoms with van der Waals surface area (Å²) in [5.74, 6) is -0.308. The quantitative estimate of drug-likeness (QED) is 0.692. The van der Waals surface area contributed by atoms with Crippen molar-refractivity contribution < 1.29 is 9.59 Å². The third kappa shape index (κ3) is 3.61. The van der Waals surface area contributed by atoms with Gasteiger partial charge >= 0.3 is 0 Å².